The van der Waals surface area contributed by atoms with Crippen LogP contribution in [-0.4, -0.2) is 21.6 Å². The van der Waals surface area contributed by atoms with Gasteiger partial charge in [0, 0.05) is 5.02 Å². The summed E-state index contributed by atoms with van der Waals surface area (Å²) in [5.74, 6) is 0.611. The quantitative estimate of drug-likeness (QED) is 0.592. The molecule has 0 amide bonds. The molecular formula is C18H17Cl2NO3S. The first-order valence-electron chi connectivity index (χ1n) is 7.32. The molecule has 0 radical (unpaired) electrons. The number of benzene rings is 2. The Bertz CT molecular complexity index is 864. The fraction of sp³-hybridized carbons (Fsp3) is 0.111. The van der Waals surface area contributed by atoms with E-state index in [0.29, 0.717) is 18.0 Å². The lowest BCUT2D eigenvalue weighted by Crippen LogP contribution is -2.31. The summed E-state index contributed by atoms with van der Waals surface area (Å²) in [6.07, 6.45) is 3.13. The molecule has 0 aliphatic carbocycles. The van der Waals surface area contributed by atoms with Crippen LogP contribution in [0.4, 0.5) is 5.69 Å². The summed E-state index contributed by atoms with van der Waals surface area (Å²) >= 11 is 12.0. The standard InChI is InChI=1S/C18H17Cl2NO3S/c1-3-11-21(15-6-8-16(9-7-15)24-12-4-2)25(22,23)18-13-14(19)5-10-17(18)20/h3-10,13H,1-2,11-12H2. The van der Waals surface area contributed by atoms with Crippen molar-refractivity contribution in [2.45, 2.75) is 4.90 Å². The molecule has 0 spiro atoms. The molecule has 132 valence electrons. The number of hydrogen-bond acceptors (Lipinski definition) is 3. The number of anilines is 1. The molecule has 2 aromatic carbocycles. The Balaban J connectivity index is 2.44. The fourth-order valence-electron chi connectivity index (χ4n) is 2.12. The Morgan fingerprint density at radius 2 is 1.72 bits per heavy atom. The van der Waals surface area contributed by atoms with Crippen molar-refractivity contribution >= 4 is 38.9 Å². The van der Waals surface area contributed by atoms with Gasteiger partial charge < -0.3 is 4.74 Å². The molecule has 0 aliphatic heterocycles. The van der Waals surface area contributed by atoms with Crippen molar-refractivity contribution in [3.63, 3.8) is 0 Å². The van der Waals surface area contributed by atoms with Gasteiger partial charge in [-0.15, -0.1) is 6.58 Å². The minimum atomic E-state index is -3.91. The van der Waals surface area contributed by atoms with E-state index in [0.717, 1.165) is 0 Å². The smallest absolute Gasteiger partial charge is 0.266 e. The average molecular weight is 398 g/mol. The summed E-state index contributed by atoms with van der Waals surface area (Å²) in [7, 11) is -3.91. The van der Waals surface area contributed by atoms with Gasteiger partial charge in [0.2, 0.25) is 0 Å². The lowest BCUT2D eigenvalue weighted by molar-refractivity contribution is 0.363. The highest BCUT2D eigenvalue weighted by Crippen LogP contribution is 2.31. The molecule has 0 aliphatic rings. The first kappa shape index (κ1) is 19.4. The maximum Gasteiger partial charge on any atom is 0.266 e. The van der Waals surface area contributed by atoms with E-state index >= 15 is 0 Å². The third-order valence-corrected chi connectivity index (χ3v) is 5.76. The maximum atomic E-state index is 13.0. The zero-order chi connectivity index (χ0) is 18.4. The molecule has 2 rings (SSSR count). The zero-order valence-electron chi connectivity index (χ0n) is 13.4. The van der Waals surface area contributed by atoms with Crippen LogP contribution >= 0.6 is 23.2 Å². The highest BCUT2D eigenvalue weighted by molar-refractivity contribution is 7.93. The Hall–Kier alpha value is -1.95. The van der Waals surface area contributed by atoms with Gasteiger partial charge in [0.05, 0.1) is 17.3 Å². The van der Waals surface area contributed by atoms with E-state index in [1.54, 1.807) is 30.3 Å². The summed E-state index contributed by atoms with van der Waals surface area (Å²) in [6, 6.07) is 11.0. The van der Waals surface area contributed by atoms with Crippen LogP contribution in [0, 0.1) is 0 Å². The highest BCUT2D eigenvalue weighted by Gasteiger charge is 2.26. The molecule has 0 aromatic heterocycles. The van der Waals surface area contributed by atoms with Gasteiger partial charge in [-0.3, -0.25) is 4.31 Å². The molecule has 7 heteroatoms. The van der Waals surface area contributed by atoms with E-state index in [1.165, 1.54) is 28.6 Å². The van der Waals surface area contributed by atoms with Crippen LogP contribution in [0.25, 0.3) is 0 Å². The van der Waals surface area contributed by atoms with Crippen LogP contribution in [-0.2, 0) is 10.0 Å². The van der Waals surface area contributed by atoms with E-state index in [-0.39, 0.29) is 21.5 Å². The van der Waals surface area contributed by atoms with Crippen LogP contribution in [0.3, 0.4) is 0 Å². The predicted molar refractivity (Wildman–Crippen MR) is 103 cm³/mol. The molecule has 0 heterocycles. The number of hydrogen-bond donors (Lipinski definition) is 0. The molecule has 0 saturated carbocycles. The lowest BCUT2D eigenvalue weighted by Gasteiger charge is -2.24. The molecule has 0 atom stereocenters. The Kier molecular flexibility index (Phi) is 6.53. The van der Waals surface area contributed by atoms with E-state index in [9.17, 15) is 8.42 Å². The second kappa shape index (κ2) is 8.43. The van der Waals surface area contributed by atoms with Crippen LogP contribution in [0.2, 0.25) is 10.0 Å². The second-order valence-electron chi connectivity index (χ2n) is 4.99. The summed E-state index contributed by atoms with van der Waals surface area (Å²) < 4.78 is 32.7. The van der Waals surface area contributed by atoms with Gasteiger partial charge in [0.15, 0.2) is 0 Å². The summed E-state index contributed by atoms with van der Waals surface area (Å²) in [4.78, 5) is -0.0597. The minimum Gasteiger partial charge on any atom is -0.490 e. The molecule has 4 nitrogen and oxygen atoms in total. The molecule has 2 aromatic rings. The summed E-state index contributed by atoms with van der Waals surface area (Å²) in [5.41, 5.74) is 0.460. The van der Waals surface area contributed by atoms with E-state index < -0.39 is 10.0 Å². The van der Waals surface area contributed by atoms with Crippen molar-refractivity contribution in [1.29, 1.82) is 0 Å². The van der Waals surface area contributed by atoms with Gasteiger partial charge in [-0.05, 0) is 42.5 Å². The van der Waals surface area contributed by atoms with Crippen molar-refractivity contribution in [1.82, 2.24) is 0 Å². The van der Waals surface area contributed by atoms with Crippen LogP contribution in [0.15, 0.2) is 72.7 Å². The Morgan fingerprint density at radius 3 is 2.32 bits per heavy atom. The largest absolute Gasteiger partial charge is 0.490 e. The number of rotatable bonds is 8. The van der Waals surface area contributed by atoms with E-state index in [2.05, 4.69) is 13.2 Å². The number of sulfonamides is 1. The van der Waals surface area contributed by atoms with E-state index in [1.807, 2.05) is 0 Å². The molecule has 0 saturated heterocycles. The van der Waals surface area contributed by atoms with Crippen molar-refractivity contribution < 1.29 is 13.2 Å². The maximum absolute atomic E-state index is 13.0. The van der Waals surface area contributed by atoms with Gasteiger partial charge in [-0.25, -0.2) is 8.42 Å². The normalized spacial score (nSPS) is 11.0. The van der Waals surface area contributed by atoms with Crippen LogP contribution in [0.5, 0.6) is 5.75 Å². The SMILES string of the molecule is C=CCOc1ccc(N(CC=C)S(=O)(=O)c2cc(Cl)ccc2Cl)cc1. The highest BCUT2D eigenvalue weighted by atomic mass is 35.5. The third kappa shape index (κ3) is 4.57. The van der Waals surface area contributed by atoms with Crippen molar-refractivity contribution in [3.05, 3.63) is 77.8 Å². The lowest BCUT2D eigenvalue weighted by atomic mass is 10.3. The number of halogens is 2. The van der Waals surface area contributed by atoms with Gasteiger partial charge in [0.25, 0.3) is 10.0 Å². The molecule has 0 fully saturated rings. The minimum absolute atomic E-state index is 0.0597. The molecular weight excluding hydrogens is 381 g/mol. The zero-order valence-corrected chi connectivity index (χ0v) is 15.7. The molecule has 0 unspecified atom stereocenters. The van der Waals surface area contributed by atoms with Gasteiger partial charge in [-0.1, -0.05) is 41.9 Å². The molecule has 0 bridgehead atoms. The van der Waals surface area contributed by atoms with Gasteiger partial charge in [-0.2, -0.15) is 0 Å². The third-order valence-electron chi connectivity index (χ3n) is 3.25. The van der Waals surface area contributed by atoms with E-state index in [4.69, 9.17) is 27.9 Å². The predicted octanol–water partition coefficient (Wildman–Crippen LogP) is 4.94. The number of nitrogens with zero attached hydrogens (tertiary/aromatic N) is 1. The second-order valence-corrected chi connectivity index (χ2v) is 7.67. The van der Waals surface area contributed by atoms with Crippen molar-refractivity contribution in [2.75, 3.05) is 17.5 Å². The molecule has 0 N–H and O–H groups in total. The Labute approximate surface area is 158 Å². The van der Waals surface area contributed by atoms with Gasteiger partial charge in [0.1, 0.15) is 17.3 Å². The monoisotopic (exact) mass is 397 g/mol. The van der Waals surface area contributed by atoms with Gasteiger partial charge >= 0.3 is 0 Å². The first-order chi connectivity index (χ1) is 11.9. The average Bonchev–Trinajstić information content (AvgIpc) is 2.60. The first-order valence-corrected chi connectivity index (χ1v) is 9.52. The summed E-state index contributed by atoms with van der Waals surface area (Å²) in [6.45, 7) is 7.66. The summed E-state index contributed by atoms with van der Waals surface area (Å²) in [5, 5.41) is 0.388. The Morgan fingerprint density at radius 1 is 1.04 bits per heavy atom. The number of ether oxygens (including phenoxy) is 1. The fourth-order valence-corrected chi connectivity index (χ4v) is 4.29. The molecule has 25 heavy (non-hydrogen) atoms. The topological polar surface area (TPSA) is 46.6 Å². The van der Waals surface area contributed by atoms with Crippen molar-refractivity contribution in [2.24, 2.45) is 0 Å². The van der Waals surface area contributed by atoms with Crippen LogP contribution < -0.4 is 9.04 Å². The van der Waals surface area contributed by atoms with Crippen molar-refractivity contribution in [3.8, 4) is 5.75 Å². The van der Waals surface area contributed by atoms with Crippen LogP contribution in [0.1, 0.15) is 0 Å².